The van der Waals surface area contributed by atoms with E-state index in [1.165, 1.54) is 35.1 Å². The average molecular weight is 264 g/mol. The summed E-state index contributed by atoms with van der Waals surface area (Å²) in [5.41, 5.74) is 6.28. The van der Waals surface area contributed by atoms with Crippen molar-refractivity contribution in [2.75, 3.05) is 0 Å². The van der Waals surface area contributed by atoms with Gasteiger partial charge in [-0.15, -0.1) is 0 Å². The Kier molecular flexibility index (Phi) is 3.01. The van der Waals surface area contributed by atoms with E-state index < -0.39 is 0 Å². The lowest BCUT2D eigenvalue weighted by molar-refractivity contribution is 0.216. The number of benzene rings is 2. The number of hydrogen-bond acceptors (Lipinski definition) is 0. The van der Waals surface area contributed by atoms with Gasteiger partial charge in [0, 0.05) is 5.41 Å². The minimum absolute atomic E-state index is 0.148. The standard InChI is InChI=1S/C20H24/c1-5-14-20(19(2,3)4)17-12-8-6-10-15(17)16-11-7-9-13-18(16)20/h6-13H,5,14H2,1-4H3. The lowest BCUT2D eigenvalue weighted by Gasteiger charge is -2.44. The molecule has 0 aliphatic heterocycles. The lowest BCUT2D eigenvalue weighted by Crippen LogP contribution is -2.39. The van der Waals surface area contributed by atoms with Crippen molar-refractivity contribution < 1.29 is 0 Å². The fraction of sp³-hybridized carbons (Fsp3) is 0.400. The Morgan fingerprint density at radius 1 is 0.800 bits per heavy atom. The van der Waals surface area contributed by atoms with Gasteiger partial charge in [-0.3, -0.25) is 0 Å². The van der Waals surface area contributed by atoms with E-state index in [2.05, 4.69) is 76.2 Å². The molecular weight excluding hydrogens is 240 g/mol. The molecule has 0 radical (unpaired) electrons. The highest BCUT2D eigenvalue weighted by atomic mass is 14.5. The van der Waals surface area contributed by atoms with Crippen molar-refractivity contribution in [2.24, 2.45) is 5.41 Å². The molecule has 0 aromatic heterocycles. The molecule has 2 aromatic rings. The summed E-state index contributed by atoms with van der Waals surface area (Å²) in [6, 6.07) is 18.0. The highest BCUT2D eigenvalue weighted by Gasteiger charge is 2.49. The molecule has 0 saturated heterocycles. The zero-order valence-electron chi connectivity index (χ0n) is 13.0. The van der Waals surface area contributed by atoms with E-state index in [0.29, 0.717) is 0 Å². The first kappa shape index (κ1) is 13.4. The highest BCUT2D eigenvalue weighted by Crippen LogP contribution is 2.59. The van der Waals surface area contributed by atoms with E-state index >= 15 is 0 Å². The van der Waals surface area contributed by atoms with Gasteiger partial charge in [0.2, 0.25) is 0 Å². The molecule has 0 unspecified atom stereocenters. The Bertz CT molecular complexity index is 583. The molecular formula is C20H24. The molecule has 0 bridgehead atoms. The highest BCUT2D eigenvalue weighted by molar-refractivity contribution is 5.81. The molecule has 0 saturated carbocycles. The minimum Gasteiger partial charge on any atom is -0.0653 e. The van der Waals surface area contributed by atoms with E-state index in [1.807, 2.05) is 0 Å². The summed E-state index contributed by atoms with van der Waals surface area (Å²) in [5, 5.41) is 0. The van der Waals surface area contributed by atoms with Gasteiger partial charge in [-0.25, -0.2) is 0 Å². The van der Waals surface area contributed by atoms with Gasteiger partial charge in [0.15, 0.2) is 0 Å². The molecule has 0 spiro atoms. The van der Waals surface area contributed by atoms with E-state index in [9.17, 15) is 0 Å². The van der Waals surface area contributed by atoms with Crippen molar-refractivity contribution in [2.45, 2.75) is 46.0 Å². The monoisotopic (exact) mass is 264 g/mol. The molecule has 3 rings (SSSR count). The predicted octanol–water partition coefficient (Wildman–Crippen LogP) is 5.80. The Balaban J connectivity index is 2.40. The summed E-state index contributed by atoms with van der Waals surface area (Å²) in [6.07, 6.45) is 2.42. The SMILES string of the molecule is CCCC1(C(C)(C)C)c2ccccc2-c2ccccc21. The maximum Gasteiger partial charge on any atom is 0.0263 e. The van der Waals surface area contributed by atoms with Crippen LogP contribution in [0.25, 0.3) is 11.1 Å². The maximum atomic E-state index is 2.39. The Morgan fingerprint density at radius 2 is 1.25 bits per heavy atom. The molecule has 1 aliphatic rings. The fourth-order valence-electron chi connectivity index (χ4n) is 4.15. The summed E-state index contributed by atoms with van der Waals surface area (Å²) in [6.45, 7) is 9.47. The molecule has 1 aliphatic carbocycles. The van der Waals surface area contributed by atoms with Crippen LogP contribution >= 0.6 is 0 Å². The second-order valence-electron chi connectivity index (χ2n) is 7.00. The van der Waals surface area contributed by atoms with Gasteiger partial charge in [-0.1, -0.05) is 82.6 Å². The Morgan fingerprint density at radius 3 is 1.65 bits per heavy atom. The van der Waals surface area contributed by atoms with Crippen LogP contribution in [0.15, 0.2) is 48.5 Å². The first-order valence-corrected chi connectivity index (χ1v) is 7.72. The zero-order chi connectivity index (χ0) is 14.4. The summed E-state index contributed by atoms with van der Waals surface area (Å²) in [4.78, 5) is 0. The van der Waals surface area contributed by atoms with Crippen LogP contribution in [0.4, 0.5) is 0 Å². The summed E-state index contributed by atoms with van der Waals surface area (Å²) < 4.78 is 0. The number of rotatable bonds is 2. The summed E-state index contributed by atoms with van der Waals surface area (Å²) >= 11 is 0. The van der Waals surface area contributed by atoms with Crippen LogP contribution in [0.3, 0.4) is 0 Å². The molecule has 0 N–H and O–H groups in total. The average Bonchev–Trinajstić information content (AvgIpc) is 2.72. The smallest absolute Gasteiger partial charge is 0.0263 e. The first-order chi connectivity index (χ1) is 9.52. The van der Waals surface area contributed by atoms with Gasteiger partial charge in [-0.05, 0) is 34.1 Å². The van der Waals surface area contributed by atoms with Crippen LogP contribution in [-0.4, -0.2) is 0 Å². The quantitative estimate of drug-likeness (QED) is 0.643. The number of fused-ring (bicyclic) bond motifs is 3. The van der Waals surface area contributed by atoms with Crippen LogP contribution in [0.2, 0.25) is 0 Å². The second kappa shape index (κ2) is 4.48. The summed E-state index contributed by atoms with van der Waals surface area (Å²) in [7, 11) is 0. The fourth-order valence-corrected chi connectivity index (χ4v) is 4.15. The number of hydrogen-bond donors (Lipinski definition) is 0. The summed E-state index contributed by atoms with van der Waals surface area (Å²) in [5.74, 6) is 0. The van der Waals surface area contributed by atoms with Crippen molar-refractivity contribution in [1.29, 1.82) is 0 Å². The van der Waals surface area contributed by atoms with Gasteiger partial charge in [-0.2, -0.15) is 0 Å². The molecule has 0 heterocycles. The van der Waals surface area contributed by atoms with Gasteiger partial charge < -0.3 is 0 Å². The van der Waals surface area contributed by atoms with E-state index in [-0.39, 0.29) is 10.8 Å². The third-order valence-corrected chi connectivity index (χ3v) is 4.97. The van der Waals surface area contributed by atoms with Gasteiger partial charge >= 0.3 is 0 Å². The van der Waals surface area contributed by atoms with E-state index in [1.54, 1.807) is 0 Å². The first-order valence-electron chi connectivity index (χ1n) is 7.72. The molecule has 0 fully saturated rings. The topological polar surface area (TPSA) is 0 Å². The second-order valence-corrected chi connectivity index (χ2v) is 7.00. The molecule has 0 nitrogen and oxygen atoms in total. The molecule has 0 amide bonds. The van der Waals surface area contributed by atoms with Crippen LogP contribution in [-0.2, 0) is 5.41 Å². The molecule has 0 atom stereocenters. The largest absolute Gasteiger partial charge is 0.0653 e. The van der Waals surface area contributed by atoms with Gasteiger partial charge in [0.05, 0.1) is 0 Å². The van der Waals surface area contributed by atoms with Crippen LogP contribution in [0.1, 0.15) is 51.7 Å². The molecule has 20 heavy (non-hydrogen) atoms. The molecule has 2 aromatic carbocycles. The molecule has 0 heteroatoms. The Labute approximate surface area is 122 Å². The molecule has 104 valence electrons. The van der Waals surface area contributed by atoms with Crippen molar-refractivity contribution >= 4 is 0 Å². The predicted molar refractivity (Wildman–Crippen MR) is 87.0 cm³/mol. The minimum atomic E-state index is 0.148. The maximum absolute atomic E-state index is 2.39. The van der Waals surface area contributed by atoms with Crippen molar-refractivity contribution in [1.82, 2.24) is 0 Å². The Hall–Kier alpha value is -1.56. The third kappa shape index (κ3) is 1.60. The van der Waals surface area contributed by atoms with Gasteiger partial charge in [0.25, 0.3) is 0 Å². The third-order valence-electron chi connectivity index (χ3n) is 4.97. The van der Waals surface area contributed by atoms with Crippen molar-refractivity contribution in [3.63, 3.8) is 0 Å². The zero-order valence-corrected chi connectivity index (χ0v) is 13.0. The van der Waals surface area contributed by atoms with Crippen LogP contribution < -0.4 is 0 Å². The van der Waals surface area contributed by atoms with Crippen LogP contribution in [0, 0.1) is 5.41 Å². The lowest BCUT2D eigenvalue weighted by atomic mass is 9.59. The van der Waals surface area contributed by atoms with Crippen molar-refractivity contribution in [3.05, 3.63) is 59.7 Å². The normalized spacial score (nSPS) is 15.8. The van der Waals surface area contributed by atoms with Crippen LogP contribution in [0.5, 0.6) is 0 Å². The van der Waals surface area contributed by atoms with E-state index in [4.69, 9.17) is 0 Å². The van der Waals surface area contributed by atoms with E-state index in [0.717, 1.165) is 0 Å². The van der Waals surface area contributed by atoms with Gasteiger partial charge in [0.1, 0.15) is 0 Å². The van der Waals surface area contributed by atoms with Crippen molar-refractivity contribution in [3.8, 4) is 11.1 Å².